The summed E-state index contributed by atoms with van der Waals surface area (Å²) in [5, 5.41) is 2.82. The predicted molar refractivity (Wildman–Crippen MR) is 130 cm³/mol. The number of anilines is 2. The minimum Gasteiger partial charge on any atom is -0.378 e. The molecule has 2 aromatic rings. The zero-order valence-electron chi connectivity index (χ0n) is 19.5. The van der Waals surface area contributed by atoms with E-state index in [0.29, 0.717) is 61.6 Å². The number of nitrogens with one attached hydrogen (secondary N) is 1. The molecule has 0 spiro atoms. The molecule has 1 aliphatic carbocycles. The maximum Gasteiger partial charge on any atom is 0.255 e. The second-order valence-corrected chi connectivity index (χ2v) is 9.20. The number of hydrogen-bond acceptors (Lipinski definition) is 5. The average molecular weight is 474 g/mol. The number of ether oxygens (including phenoxy) is 1. The van der Waals surface area contributed by atoms with E-state index in [1.54, 1.807) is 53.4 Å². The Balaban J connectivity index is 1.23. The van der Waals surface area contributed by atoms with Gasteiger partial charge in [0.25, 0.3) is 11.8 Å². The molecule has 2 aliphatic heterocycles. The number of amides is 4. The fraction of sp³-hybridized carbons (Fsp3) is 0.333. The highest BCUT2D eigenvalue weighted by molar-refractivity contribution is 6.22. The van der Waals surface area contributed by atoms with Crippen molar-refractivity contribution < 1.29 is 23.9 Å². The predicted octanol–water partition coefficient (Wildman–Crippen LogP) is 3.26. The number of carbonyl (C=O) groups is 4. The van der Waals surface area contributed by atoms with Crippen LogP contribution in [0.5, 0.6) is 0 Å². The van der Waals surface area contributed by atoms with E-state index in [-0.39, 0.29) is 35.5 Å². The molecule has 2 saturated heterocycles. The Morgan fingerprint density at radius 1 is 0.886 bits per heavy atom. The summed E-state index contributed by atoms with van der Waals surface area (Å²) in [6.07, 6.45) is 3.24. The molecular formula is C27H27N3O5. The van der Waals surface area contributed by atoms with E-state index in [1.807, 2.05) is 13.0 Å². The van der Waals surface area contributed by atoms with Crippen LogP contribution in [0.4, 0.5) is 11.4 Å². The first kappa shape index (κ1) is 23.0. The zero-order valence-corrected chi connectivity index (χ0v) is 19.5. The van der Waals surface area contributed by atoms with Gasteiger partial charge in [0.1, 0.15) is 0 Å². The van der Waals surface area contributed by atoms with Crippen molar-refractivity contribution >= 4 is 35.0 Å². The van der Waals surface area contributed by atoms with E-state index in [0.717, 1.165) is 5.57 Å². The van der Waals surface area contributed by atoms with E-state index in [4.69, 9.17) is 4.74 Å². The number of benzene rings is 2. The van der Waals surface area contributed by atoms with Crippen LogP contribution in [0.2, 0.25) is 0 Å². The molecule has 0 bridgehead atoms. The highest BCUT2D eigenvalue weighted by Gasteiger charge is 2.48. The van der Waals surface area contributed by atoms with E-state index in [1.165, 1.54) is 4.90 Å². The molecule has 0 unspecified atom stereocenters. The summed E-state index contributed by atoms with van der Waals surface area (Å²) in [5.41, 5.74) is 3.14. The monoisotopic (exact) mass is 473 g/mol. The van der Waals surface area contributed by atoms with Crippen molar-refractivity contribution in [1.29, 1.82) is 0 Å². The number of morpholine rings is 1. The van der Waals surface area contributed by atoms with Gasteiger partial charge in [-0.15, -0.1) is 0 Å². The molecule has 2 atom stereocenters. The quantitative estimate of drug-likeness (QED) is 0.543. The summed E-state index contributed by atoms with van der Waals surface area (Å²) < 4.78 is 5.28. The smallest absolute Gasteiger partial charge is 0.255 e. The summed E-state index contributed by atoms with van der Waals surface area (Å²) in [6, 6.07) is 13.2. The standard InChI is InChI=1S/C27H27N3O5/c1-17-2-11-22-23(16-17)27(34)30(26(22)33)21-9-5-18(6-10-21)24(31)28-20-7-3-19(4-8-20)25(32)29-12-14-35-15-13-29/h2-10,22-23H,11-16H2,1H3,(H,28,31)/t22-,23+/m0/s1. The first-order chi connectivity index (χ1) is 16.9. The third-order valence-electron chi connectivity index (χ3n) is 6.90. The van der Waals surface area contributed by atoms with Crippen LogP contribution in [-0.4, -0.2) is 54.8 Å². The van der Waals surface area contributed by atoms with Gasteiger partial charge < -0.3 is 15.0 Å². The molecule has 35 heavy (non-hydrogen) atoms. The lowest BCUT2D eigenvalue weighted by atomic mass is 9.82. The van der Waals surface area contributed by atoms with E-state index >= 15 is 0 Å². The molecule has 3 aliphatic rings. The Kier molecular flexibility index (Phi) is 6.21. The van der Waals surface area contributed by atoms with Gasteiger partial charge >= 0.3 is 0 Å². The molecule has 2 heterocycles. The lowest BCUT2D eigenvalue weighted by Gasteiger charge is -2.26. The van der Waals surface area contributed by atoms with Gasteiger partial charge in [-0.1, -0.05) is 11.6 Å². The summed E-state index contributed by atoms with van der Waals surface area (Å²) in [6.45, 7) is 4.20. The van der Waals surface area contributed by atoms with E-state index in [2.05, 4.69) is 5.32 Å². The van der Waals surface area contributed by atoms with Crippen LogP contribution in [0.25, 0.3) is 0 Å². The number of allylic oxidation sites excluding steroid dienone is 2. The normalized spacial score (nSPS) is 22.0. The van der Waals surface area contributed by atoms with Crippen molar-refractivity contribution in [1.82, 2.24) is 4.90 Å². The SMILES string of the molecule is CC1=CC[C@@H]2C(=O)N(c3ccc(C(=O)Nc4ccc(C(=O)N5CCOCC5)cc4)cc3)C(=O)[C@@H]2C1. The molecule has 2 aromatic carbocycles. The molecule has 5 rings (SSSR count). The largest absolute Gasteiger partial charge is 0.378 e. The molecule has 0 radical (unpaired) electrons. The average Bonchev–Trinajstić information content (AvgIpc) is 3.13. The second kappa shape index (κ2) is 9.46. The third-order valence-corrected chi connectivity index (χ3v) is 6.90. The third kappa shape index (κ3) is 4.49. The topological polar surface area (TPSA) is 96.0 Å². The van der Waals surface area contributed by atoms with E-state index in [9.17, 15) is 19.2 Å². The number of hydrogen-bond donors (Lipinski definition) is 1. The van der Waals surface area contributed by atoms with Crippen molar-refractivity contribution in [2.24, 2.45) is 11.8 Å². The molecule has 0 aromatic heterocycles. The lowest BCUT2D eigenvalue weighted by Crippen LogP contribution is -2.40. The van der Waals surface area contributed by atoms with E-state index < -0.39 is 0 Å². The molecule has 8 nitrogen and oxygen atoms in total. The van der Waals surface area contributed by atoms with Crippen LogP contribution < -0.4 is 10.2 Å². The Bertz CT molecular complexity index is 1200. The van der Waals surface area contributed by atoms with Crippen molar-refractivity contribution in [3.63, 3.8) is 0 Å². The van der Waals surface area contributed by atoms with Crippen LogP contribution >= 0.6 is 0 Å². The van der Waals surface area contributed by atoms with Crippen LogP contribution in [0, 0.1) is 11.8 Å². The van der Waals surface area contributed by atoms with Gasteiger partial charge in [0.05, 0.1) is 30.7 Å². The highest BCUT2D eigenvalue weighted by atomic mass is 16.5. The summed E-state index contributed by atoms with van der Waals surface area (Å²) in [7, 11) is 0. The van der Waals surface area contributed by atoms with Crippen molar-refractivity contribution in [3.8, 4) is 0 Å². The molecular weight excluding hydrogens is 446 g/mol. The summed E-state index contributed by atoms with van der Waals surface area (Å²) in [4.78, 5) is 54.1. The first-order valence-corrected chi connectivity index (χ1v) is 11.8. The van der Waals surface area contributed by atoms with Crippen molar-refractivity contribution in [3.05, 3.63) is 71.3 Å². The van der Waals surface area contributed by atoms with Gasteiger partial charge in [0.15, 0.2) is 0 Å². The van der Waals surface area contributed by atoms with Crippen LogP contribution in [0.15, 0.2) is 60.2 Å². The number of carbonyl (C=O) groups excluding carboxylic acids is 4. The second-order valence-electron chi connectivity index (χ2n) is 9.20. The molecule has 1 N–H and O–H groups in total. The van der Waals surface area contributed by atoms with Gasteiger partial charge in [0.2, 0.25) is 11.8 Å². The molecule has 8 heteroatoms. The Labute approximate surface area is 203 Å². The minimum atomic E-state index is -0.323. The van der Waals surface area contributed by atoms with Gasteiger partial charge in [-0.25, -0.2) is 0 Å². The molecule has 180 valence electrons. The van der Waals surface area contributed by atoms with Gasteiger partial charge in [-0.3, -0.25) is 24.1 Å². The number of rotatable bonds is 4. The van der Waals surface area contributed by atoms with Gasteiger partial charge in [-0.2, -0.15) is 0 Å². The fourth-order valence-electron chi connectivity index (χ4n) is 4.90. The molecule has 2 fully saturated rings. The maximum atomic E-state index is 12.9. The Hall–Kier alpha value is -3.78. The first-order valence-electron chi connectivity index (χ1n) is 11.8. The van der Waals surface area contributed by atoms with Crippen molar-refractivity contribution in [2.45, 2.75) is 19.8 Å². The van der Waals surface area contributed by atoms with Crippen LogP contribution in [0.3, 0.4) is 0 Å². The number of fused-ring (bicyclic) bond motifs is 1. The van der Waals surface area contributed by atoms with Crippen LogP contribution in [-0.2, 0) is 14.3 Å². The number of imide groups is 1. The van der Waals surface area contributed by atoms with Crippen molar-refractivity contribution in [2.75, 3.05) is 36.5 Å². The zero-order chi connectivity index (χ0) is 24.5. The Morgan fingerprint density at radius 3 is 2.20 bits per heavy atom. The van der Waals surface area contributed by atoms with Gasteiger partial charge in [-0.05, 0) is 68.3 Å². The minimum absolute atomic E-state index is 0.0569. The van der Waals surface area contributed by atoms with Gasteiger partial charge in [0, 0.05) is 29.9 Å². The Morgan fingerprint density at radius 2 is 1.51 bits per heavy atom. The van der Waals surface area contributed by atoms with Crippen LogP contribution in [0.1, 0.15) is 40.5 Å². The fourth-order valence-corrected chi connectivity index (χ4v) is 4.90. The molecule has 0 saturated carbocycles. The summed E-state index contributed by atoms with van der Waals surface area (Å²) >= 11 is 0. The highest BCUT2D eigenvalue weighted by Crippen LogP contribution is 2.39. The summed E-state index contributed by atoms with van der Waals surface area (Å²) in [5.74, 6) is -1.32. The molecule has 4 amide bonds. The maximum absolute atomic E-state index is 12.9. The lowest BCUT2D eigenvalue weighted by molar-refractivity contribution is -0.122. The number of nitrogens with zero attached hydrogens (tertiary/aromatic N) is 2.